The minimum atomic E-state index is -0.590. The zero-order chi connectivity index (χ0) is 23.9. The van der Waals surface area contributed by atoms with Crippen molar-refractivity contribution in [1.29, 1.82) is 0 Å². The van der Waals surface area contributed by atoms with Crippen LogP contribution < -0.4 is 10.1 Å². The molecule has 0 atom stereocenters. The van der Waals surface area contributed by atoms with Crippen LogP contribution in [0.25, 0.3) is 10.2 Å². The Morgan fingerprint density at radius 3 is 2.62 bits per heavy atom. The lowest BCUT2D eigenvalue weighted by molar-refractivity contribution is 0.102. The molecule has 1 amide bonds. The van der Waals surface area contributed by atoms with Crippen molar-refractivity contribution < 1.29 is 13.9 Å². The van der Waals surface area contributed by atoms with Crippen LogP contribution in [0, 0.1) is 17.7 Å². The molecule has 172 valence electrons. The summed E-state index contributed by atoms with van der Waals surface area (Å²) in [6.07, 6.45) is 4.67. The van der Waals surface area contributed by atoms with Gasteiger partial charge in [-0.05, 0) is 43.4 Å². The molecule has 0 aliphatic heterocycles. The zero-order valence-electron chi connectivity index (χ0n) is 18.8. The van der Waals surface area contributed by atoms with E-state index in [4.69, 9.17) is 4.74 Å². The third-order valence-electron chi connectivity index (χ3n) is 5.14. The summed E-state index contributed by atoms with van der Waals surface area (Å²) in [4.78, 5) is 23.7. The Morgan fingerprint density at radius 1 is 1.09 bits per heavy atom. The number of rotatable bonds is 7. The summed E-state index contributed by atoms with van der Waals surface area (Å²) in [5.41, 5.74) is 1.51. The Bertz CT molecular complexity index is 1360. The van der Waals surface area contributed by atoms with Gasteiger partial charge in [0, 0.05) is 42.0 Å². The maximum absolute atomic E-state index is 14.8. The summed E-state index contributed by atoms with van der Waals surface area (Å²) < 4.78 is 21.4. The number of hydrogen-bond acceptors (Lipinski definition) is 6. The molecule has 0 bridgehead atoms. The fourth-order valence-corrected chi connectivity index (χ4v) is 4.17. The number of amides is 1. The van der Waals surface area contributed by atoms with E-state index in [-0.39, 0.29) is 11.7 Å². The maximum atomic E-state index is 14.8. The number of ether oxygens (including phenoxy) is 1. The van der Waals surface area contributed by atoms with E-state index in [2.05, 4.69) is 45.9 Å². The van der Waals surface area contributed by atoms with E-state index in [9.17, 15) is 9.18 Å². The number of pyridine rings is 2. The van der Waals surface area contributed by atoms with Crippen LogP contribution in [0.15, 0.2) is 61.1 Å². The molecule has 0 fully saturated rings. The van der Waals surface area contributed by atoms with Crippen LogP contribution in [-0.2, 0) is 0 Å². The van der Waals surface area contributed by atoms with Gasteiger partial charge >= 0.3 is 0 Å². The quantitative estimate of drug-likeness (QED) is 0.355. The first-order chi connectivity index (χ1) is 16.6. The van der Waals surface area contributed by atoms with E-state index in [0.29, 0.717) is 23.5 Å². The number of thiophene rings is 1. The van der Waals surface area contributed by atoms with Crippen molar-refractivity contribution in [2.24, 2.45) is 0 Å². The molecule has 3 aromatic heterocycles. The molecule has 0 aliphatic carbocycles. The number of aromatic nitrogens is 2. The first kappa shape index (κ1) is 23.4. The first-order valence-corrected chi connectivity index (χ1v) is 11.7. The molecular weight excluding hydrogens is 451 g/mol. The van der Waals surface area contributed by atoms with E-state index in [1.165, 1.54) is 35.9 Å². The summed E-state index contributed by atoms with van der Waals surface area (Å²) >= 11 is 1.46. The Labute approximate surface area is 201 Å². The van der Waals surface area contributed by atoms with Gasteiger partial charge in [0.25, 0.3) is 5.91 Å². The van der Waals surface area contributed by atoms with Gasteiger partial charge in [0.1, 0.15) is 5.75 Å². The highest BCUT2D eigenvalue weighted by molar-refractivity contribution is 7.19. The van der Waals surface area contributed by atoms with Crippen LogP contribution in [-0.4, -0.2) is 40.4 Å². The summed E-state index contributed by atoms with van der Waals surface area (Å²) in [7, 11) is 0. The predicted octanol–water partition coefficient (Wildman–Crippen LogP) is 5.57. The molecule has 0 spiro atoms. The molecule has 0 saturated heterocycles. The number of nitrogens with one attached hydrogen (secondary N) is 1. The number of anilines is 1. The van der Waals surface area contributed by atoms with Crippen molar-refractivity contribution in [3.8, 4) is 23.3 Å². The molecule has 6 nitrogen and oxygen atoms in total. The predicted molar refractivity (Wildman–Crippen MR) is 133 cm³/mol. The summed E-state index contributed by atoms with van der Waals surface area (Å²) in [6.45, 7) is 6.83. The average Bonchev–Trinajstić information content (AvgIpc) is 3.28. The second-order valence-corrected chi connectivity index (χ2v) is 8.39. The molecule has 0 saturated carbocycles. The first-order valence-electron chi connectivity index (χ1n) is 10.9. The van der Waals surface area contributed by atoms with E-state index in [1.807, 2.05) is 6.07 Å². The van der Waals surface area contributed by atoms with Crippen molar-refractivity contribution in [2.75, 3.05) is 25.0 Å². The van der Waals surface area contributed by atoms with Gasteiger partial charge in [-0.1, -0.05) is 25.7 Å². The van der Waals surface area contributed by atoms with Gasteiger partial charge in [-0.3, -0.25) is 19.7 Å². The van der Waals surface area contributed by atoms with Crippen LogP contribution in [0.1, 0.15) is 29.1 Å². The number of carbonyl (C=O) groups excluding carboxylic acids is 1. The molecule has 4 rings (SSSR count). The highest BCUT2D eigenvalue weighted by Gasteiger charge is 2.13. The van der Waals surface area contributed by atoms with E-state index < -0.39 is 5.82 Å². The zero-order valence-corrected chi connectivity index (χ0v) is 19.7. The molecule has 0 aliphatic rings. The van der Waals surface area contributed by atoms with Gasteiger partial charge in [0.15, 0.2) is 11.6 Å². The number of halogens is 1. The Kier molecular flexibility index (Phi) is 7.48. The molecule has 1 N–H and O–H groups in total. The lowest BCUT2D eigenvalue weighted by Gasteiger charge is -2.12. The monoisotopic (exact) mass is 474 g/mol. The number of hydrogen-bond donors (Lipinski definition) is 1. The highest BCUT2D eigenvalue weighted by atomic mass is 32.1. The molecule has 0 radical (unpaired) electrons. The fourth-order valence-electron chi connectivity index (χ4n) is 3.23. The topological polar surface area (TPSA) is 67.3 Å². The third-order valence-corrected chi connectivity index (χ3v) is 6.19. The van der Waals surface area contributed by atoms with Crippen LogP contribution in [0.5, 0.6) is 11.5 Å². The van der Waals surface area contributed by atoms with Crippen molar-refractivity contribution in [2.45, 2.75) is 13.8 Å². The lowest BCUT2D eigenvalue weighted by Crippen LogP contribution is -2.22. The van der Waals surface area contributed by atoms with Gasteiger partial charge in [-0.25, -0.2) is 4.39 Å². The van der Waals surface area contributed by atoms with Gasteiger partial charge in [0.05, 0.1) is 21.6 Å². The van der Waals surface area contributed by atoms with Gasteiger partial charge < -0.3 is 10.1 Å². The minimum Gasteiger partial charge on any atom is -0.453 e. The molecular formula is C26H23FN4O2S. The SMILES string of the molecule is CCN(CC)CC#Cc1cc2nccc(Oc3ccc(NC(=O)c4ccncc4)cc3F)c2s1. The van der Waals surface area contributed by atoms with Crippen molar-refractivity contribution in [3.05, 3.63) is 77.3 Å². The third kappa shape index (κ3) is 5.57. The lowest BCUT2D eigenvalue weighted by atomic mass is 10.2. The number of fused-ring (bicyclic) bond motifs is 1. The smallest absolute Gasteiger partial charge is 0.255 e. The van der Waals surface area contributed by atoms with Crippen molar-refractivity contribution in [1.82, 2.24) is 14.9 Å². The van der Waals surface area contributed by atoms with E-state index in [0.717, 1.165) is 28.2 Å². The van der Waals surface area contributed by atoms with Crippen molar-refractivity contribution >= 4 is 33.1 Å². The largest absolute Gasteiger partial charge is 0.453 e. The molecule has 3 heterocycles. The molecule has 8 heteroatoms. The van der Waals surface area contributed by atoms with Crippen LogP contribution in [0.4, 0.5) is 10.1 Å². The number of carbonyl (C=O) groups is 1. The number of nitrogens with zero attached hydrogens (tertiary/aromatic N) is 3. The fraction of sp³-hybridized carbons (Fsp3) is 0.192. The molecule has 34 heavy (non-hydrogen) atoms. The maximum Gasteiger partial charge on any atom is 0.255 e. The Morgan fingerprint density at radius 2 is 1.88 bits per heavy atom. The van der Waals surface area contributed by atoms with Crippen LogP contribution >= 0.6 is 11.3 Å². The van der Waals surface area contributed by atoms with E-state index in [1.54, 1.807) is 30.5 Å². The highest BCUT2D eigenvalue weighted by Crippen LogP contribution is 2.35. The van der Waals surface area contributed by atoms with Gasteiger partial charge in [-0.2, -0.15) is 0 Å². The molecule has 4 aromatic rings. The second kappa shape index (κ2) is 10.9. The normalized spacial score (nSPS) is 10.7. The standard InChI is InChI=1S/C26H23FN4O2S/c1-3-31(4-2)15-5-6-20-17-22-25(34-20)24(11-14-29-22)33-23-8-7-19(16-21(23)27)30-26(32)18-9-12-28-13-10-18/h7-14,16-17H,3-4,15H2,1-2H3,(H,30,32). The minimum absolute atomic E-state index is 0.0528. The molecule has 1 aromatic carbocycles. The summed E-state index contributed by atoms with van der Waals surface area (Å²) in [6, 6.07) is 11.1. The van der Waals surface area contributed by atoms with Crippen LogP contribution in [0.3, 0.4) is 0 Å². The second-order valence-electron chi connectivity index (χ2n) is 7.33. The number of benzene rings is 1. The van der Waals surface area contributed by atoms with E-state index >= 15 is 0 Å². The van der Waals surface area contributed by atoms with Gasteiger partial charge in [-0.15, -0.1) is 11.3 Å². The van der Waals surface area contributed by atoms with Crippen LogP contribution in [0.2, 0.25) is 0 Å². The summed E-state index contributed by atoms with van der Waals surface area (Å²) in [5, 5.41) is 2.67. The van der Waals surface area contributed by atoms with Crippen molar-refractivity contribution in [3.63, 3.8) is 0 Å². The summed E-state index contributed by atoms with van der Waals surface area (Å²) in [5.74, 6) is 6.00. The van der Waals surface area contributed by atoms with Gasteiger partial charge in [0.2, 0.25) is 0 Å². The Balaban J connectivity index is 1.50. The molecule has 0 unspecified atom stereocenters. The average molecular weight is 475 g/mol. The Hall–Kier alpha value is -3.80.